The minimum Gasteiger partial charge on any atom is -0.376 e. The van der Waals surface area contributed by atoms with Crippen LogP contribution in [0.3, 0.4) is 0 Å². The maximum atomic E-state index is 5.89. The molecule has 126 valence electrons. The molecule has 3 rings (SSSR count). The van der Waals surface area contributed by atoms with E-state index in [0.717, 1.165) is 23.8 Å². The van der Waals surface area contributed by atoms with Gasteiger partial charge in [-0.3, -0.25) is 5.43 Å². The van der Waals surface area contributed by atoms with E-state index in [4.69, 9.17) is 4.74 Å². The molecule has 0 aromatic heterocycles. The number of para-hydroxylation sites is 1. The lowest BCUT2D eigenvalue weighted by atomic mass is 9.90. The predicted octanol–water partition coefficient (Wildman–Crippen LogP) is 5.23. The van der Waals surface area contributed by atoms with Crippen LogP contribution in [-0.4, -0.2) is 12.8 Å². The number of hydrogen-bond donors (Lipinski definition) is 1. The van der Waals surface area contributed by atoms with Crippen LogP contribution in [0.1, 0.15) is 43.2 Å². The second-order valence-corrected chi connectivity index (χ2v) is 6.50. The number of ether oxygens (including phenoxy) is 1. The Kier molecular flexibility index (Phi) is 6.43. The van der Waals surface area contributed by atoms with E-state index >= 15 is 0 Å². The van der Waals surface area contributed by atoms with E-state index in [9.17, 15) is 0 Å². The van der Waals surface area contributed by atoms with E-state index in [2.05, 4.69) is 34.8 Å². The maximum Gasteiger partial charge on any atom is 0.0717 e. The largest absolute Gasteiger partial charge is 0.376 e. The van der Waals surface area contributed by atoms with Crippen LogP contribution in [-0.2, 0) is 11.3 Å². The zero-order valence-electron chi connectivity index (χ0n) is 14.2. The number of anilines is 1. The second-order valence-electron chi connectivity index (χ2n) is 6.50. The smallest absolute Gasteiger partial charge is 0.0717 e. The fourth-order valence-corrected chi connectivity index (χ4v) is 3.09. The lowest BCUT2D eigenvalue weighted by Gasteiger charge is -2.21. The third-order valence-electron chi connectivity index (χ3n) is 4.51. The SMILES string of the molecule is C(=NNc1ccccc1)c1ccc(COCC2CCCCC2)cc1. The Morgan fingerprint density at radius 1 is 0.958 bits per heavy atom. The van der Waals surface area contributed by atoms with Gasteiger partial charge in [-0.05, 0) is 42.0 Å². The van der Waals surface area contributed by atoms with Crippen LogP contribution in [0.15, 0.2) is 59.7 Å². The van der Waals surface area contributed by atoms with Crippen LogP contribution in [0.2, 0.25) is 0 Å². The van der Waals surface area contributed by atoms with Gasteiger partial charge < -0.3 is 4.74 Å². The van der Waals surface area contributed by atoms with Gasteiger partial charge in [-0.25, -0.2) is 0 Å². The molecular formula is C21H26N2O. The van der Waals surface area contributed by atoms with Crippen molar-refractivity contribution in [2.75, 3.05) is 12.0 Å². The van der Waals surface area contributed by atoms with Crippen molar-refractivity contribution in [1.82, 2.24) is 0 Å². The monoisotopic (exact) mass is 322 g/mol. The first-order chi connectivity index (χ1) is 11.9. The van der Waals surface area contributed by atoms with E-state index < -0.39 is 0 Å². The van der Waals surface area contributed by atoms with Crippen molar-refractivity contribution in [3.63, 3.8) is 0 Å². The van der Waals surface area contributed by atoms with Crippen molar-refractivity contribution in [2.45, 2.75) is 38.7 Å². The van der Waals surface area contributed by atoms with Gasteiger partial charge in [-0.1, -0.05) is 61.7 Å². The van der Waals surface area contributed by atoms with Crippen LogP contribution in [0, 0.1) is 5.92 Å². The number of benzene rings is 2. The molecule has 0 spiro atoms. The highest BCUT2D eigenvalue weighted by molar-refractivity contribution is 5.80. The van der Waals surface area contributed by atoms with Crippen molar-refractivity contribution >= 4 is 11.9 Å². The highest BCUT2D eigenvalue weighted by Gasteiger charge is 2.13. The summed E-state index contributed by atoms with van der Waals surface area (Å²) in [5.41, 5.74) is 6.31. The van der Waals surface area contributed by atoms with Gasteiger partial charge in [0.2, 0.25) is 0 Å². The first kappa shape index (κ1) is 16.7. The first-order valence-corrected chi connectivity index (χ1v) is 8.91. The summed E-state index contributed by atoms with van der Waals surface area (Å²) in [5, 5.41) is 4.26. The number of hydrogen-bond acceptors (Lipinski definition) is 3. The molecule has 0 heterocycles. The average molecular weight is 322 g/mol. The quantitative estimate of drug-likeness (QED) is 0.559. The molecule has 0 atom stereocenters. The average Bonchev–Trinajstić information content (AvgIpc) is 2.65. The Labute approximate surface area is 144 Å². The van der Waals surface area contributed by atoms with Crippen molar-refractivity contribution in [3.8, 4) is 0 Å². The van der Waals surface area contributed by atoms with Crippen molar-refractivity contribution < 1.29 is 4.74 Å². The van der Waals surface area contributed by atoms with Gasteiger partial charge in [0.15, 0.2) is 0 Å². The summed E-state index contributed by atoms with van der Waals surface area (Å²) in [6.45, 7) is 1.61. The summed E-state index contributed by atoms with van der Waals surface area (Å²) in [6, 6.07) is 18.3. The molecular weight excluding hydrogens is 296 g/mol. The molecule has 0 amide bonds. The summed E-state index contributed by atoms with van der Waals surface area (Å²) in [7, 11) is 0. The molecule has 1 fully saturated rings. The standard InChI is InChI=1S/C21H26N2O/c1-3-7-19(8-4-1)16-24-17-20-13-11-18(12-14-20)15-22-23-21-9-5-2-6-10-21/h2,5-6,9-15,19,23H,1,3-4,7-8,16-17H2. The zero-order chi connectivity index (χ0) is 16.5. The normalized spacial score (nSPS) is 15.7. The number of rotatable bonds is 7. The maximum absolute atomic E-state index is 5.89. The highest BCUT2D eigenvalue weighted by Crippen LogP contribution is 2.24. The van der Waals surface area contributed by atoms with E-state index in [0.29, 0.717) is 6.61 Å². The van der Waals surface area contributed by atoms with Crippen molar-refractivity contribution in [3.05, 3.63) is 65.7 Å². The molecule has 0 bridgehead atoms. The van der Waals surface area contributed by atoms with Gasteiger partial charge in [0, 0.05) is 6.61 Å². The van der Waals surface area contributed by atoms with Crippen LogP contribution < -0.4 is 5.43 Å². The van der Waals surface area contributed by atoms with Gasteiger partial charge in [0.05, 0.1) is 18.5 Å². The van der Waals surface area contributed by atoms with Crippen LogP contribution in [0.25, 0.3) is 0 Å². The predicted molar refractivity (Wildman–Crippen MR) is 100 cm³/mol. The number of nitrogens with zero attached hydrogens (tertiary/aromatic N) is 1. The molecule has 3 nitrogen and oxygen atoms in total. The Balaban J connectivity index is 1.41. The molecule has 0 radical (unpaired) electrons. The van der Waals surface area contributed by atoms with Gasteiger partial charge in [0.25, 0.3) is 0 Å². The zero-order valence-corrected chi connectivity index (χ0v) is 14.2. The topological polar surface area (TPSA) is 33.6 Å². The fourth-order valence-electron chi connectivity index (χ4n) is 3.09. The van der Waals surface area contributed by atoms with Gasteiger partial charge in [-0.2, -0.15) is 5.10 Å². The lowest BCUT2D eigenvalue weighted by Crippen LogP contribution is -2.13. The molecule has 1 aliphatic carbocycles. The van der Waals surface area contributed by atoms with Crippen molar-refractivity contribution in [1.29, 1.82) is 0 Å². The molecule has 2 aromatic carbocycles. The molecule has 1 N–H and O–H groups in total. The third kappa shape index (κ3) is 5.50. The second kappa shape index (κ2) is 9.24. The minimum atomic E-state index is 0.705. The summed E-state index contributed by atoms with van der Waals surface area (Å²) in [5.74, 6) is 0.772. The highest BCUT2D eigenvalue weighted by atomic mass is 16.5. The molecule has 1 aliphatic rings. The summed E-state index contributed by atoms with van der Waals surface area (Å²) < 4.78 is 5.89. The molecule has 0 saturated heterocycles. The van der Waals surface area contributed by atoms with Gasteiger partial charge in [0.1, 0.15) is 0 Å². The lowest BCUT2D eigenvalue weighted by molar-refractivity contribution is 0.0739. The van der Waals surface area contributed by atoms with Gasteiger partial charge >= 0.3 is 0 Å². The molecule has 2 aromatic rings. The Bertz CT molecular complexity index is 616. The summed E-state index contributed by atoms with van der Waals surface area (Å²) in [4.78, 5) is 0. The molecule has 0 aliphatic heterocycles. The third-order valence-corrected chi connectivity index (χ3v) is 4.51. The molecule has 24 heavy (non-hydrogen) atoms. The molecule has 1 saturated carbocycles. The van der Waals surface area contributed by atoms with Crippen molar-refractivity contribution in [2.24, 2.45) is 11.0 Å². The minimum absolute atomic E-state index is 0.705. The first-order valence-electron chi connectivity index (χ1n) is 8.91. The molecule has 3 heteroatoms. The van der Waals surface area contributed by atoms with E-state index in [-0.39, 0.29) is 0 Å². The van der Waals surface area contributed by atoms with Crippen LogP contribution in [0.4, 0.5) is 5.69 Å². The Morgan fingerprint density at radius 3 is 2.46 bits per heavy atom. The molecule has 0 unspecified atom stereocenters. The Morgan fingerprint density at radius 2 is 1.71 bits per heavy atom. The van der Waals surface area contributed by atoms with Crippen LogP contribution >= 0.6 is 0 Å². The number of nitrogens with one attached hydrogen (secondary N) is 1. The number of hydrazone groups is 1. The van der Waals surface area contributed by atoms with E-state index in [1.165, 1.54) is 37.7 Å². The van der Waals surface area contributed by atoms with E-state index in [1.807, 2.05) is 36.5 Å². The summed E-state index contributed by atoms with van der Waals surface area (Å²) >= 11 is 0. The van der Waals surface area contributed by atoms with Crippen LogP contribution in [0.5, 0.6) is 0 Å². The Hall–Kier alpha value is -2.13. The van der Waals surface area contributed by atoms with E-state index in [1.54, 1.807) is 0 Å². The van der Waals surface area contributed by atoms with Gasteiger partial charge in [-0.15, -0.1) is 0 Å². The summed E-state index contributed by atoms with van der Waals surface area (Å²) in [6.07, 6.45) is 8.66. The fraction of sp³-hybridized carbons (Fsp3) is 0.381.